The molecule has 3 N–H and O–H groups in total. The molecule has 0 saturated carbocycles. The topological polar surface area (TPSA) is 73.1 Å². The maximum absolute atomic E-state index is 12.9. The number of hydrogen-bond donors (Lipinski definition) is 2. The monoisotopic (exact) mass is 408 g/mol. The van der Waals surface area contributed by atoms with Gasteiger partial charge in [-0.2, -0.15) is 18.2 Å². The number of aromatic nitrogens is 2. The molecule has 0 aliphatic rings. The molecule has 146 valence electrons. The maximum Gasteiger partial charge on any atom is 0.416 e. The van der Waals surface area contributed by atoms with Crippen LogP contribution in [-0.2, 0) is 6.18 Å². The number of benzene rings is 2. The van der Waals surface area contributed by atoms with Gasteiger partial charge in [0.25, 0.3) is 0 Å². The van der Waals surface area contributed by atoms with Gasteiger partial charge in [-0.25, -0.2) is 4.98 Å². The van der Waals surface area contributed by atoms with Crippen LogP contribution in [0.4, 0.5) is 30.4 Å². The van der Waals surface area contributed by atoms with E-state index in [2.05, 4.69) is 15.3 Å². The molecule has 0 fully saturated rings. The van der Waals surface area contributed by atoms with Crippen LogP contribution in [0.25, 0.3) is 0 Å². The highest BCUT2D eigenvalue weighted by molar-refractivity contribution is 6.33. The number of nitrogens with zero attached hydrogens (tertiary/aromatic N) is 2. The van der Waals surface area contributed by atoms with Gasteiger partial charge in [0.2, 0.25) is 5.88 Å². The first-order valence-electron chi connectivity index (χ1n) is 8.14. The molecular weight excluding hydrogens is 393 g/mol. The van der Waals surface area contributed by atoms with Gasteiger partial charge in [0.05, 0.1) is 16.3 Å². The summed E-state index contributed by atoms with van der Waals surface area (Å²) >= 11 is 6.01. The van der Waals surface area contributed by atoms with Gasteiger partial charge in [0.15, 0.2) is 5.82 Å². The van der Waals surface area contributed by atoms with E-state index in [1.165, 1.54) is 6.33 Å². The lowest BCUT2D eigenvalue weighted by atomic mass is 10.1. The average molecular weight is 409 g/mol. The number of rotatable bonds is 4. The first kappa shape index (κ1) is 19.8. The molecule has 0 atom stereocenters. The smallest absolute Gasteiger partial charge is 0.416 e. The molecule has 0 amide bonds. The summed E-state index contributed by atoms with van der Waals surface area (Å²) in [4.78, 5) is 7.98. The highest BCUT2D eigenvalue weighted by Gasteiger charge is 2.31. The van der Waals surface area contributed by atoms with Crippen LogP contribution in [0.5, 0.6) is 11.6 Å². The van der Waals surface area contributed by atoms with E-state index in [4.69, 9.17) is 22.1 Å². The average Bonchev–Trinajstić information content (AvgIpc) is 2.58. The molecule has 0 aliphatic heterocycles. The Bertz CT molecular complexity index is 1000. The van der Waals surface area contributed by atoms with Crippen LogP contribution < -0.4 is 15.8 Å². The van der Waals surface area contributed by atoms with E-state index in [9.17, 15) is 13.2 Å². The number of hydrogen-bond acceptors (Lipinski definition) is 5. The SMILES string of the molecule is Cc1cc(C)cc(Oc2ncnc(Nc3cc(C(F)(F)F)ccc3Cl)c2N)c1. The molecular formula is C19H16ClF3N4O. The van der Waals surface area contributed by atoms with E-state index in [0.717, 1.165) is 29.3 Å². The number of alkyl halides is 3. The Balaban J connectivity index is 1.92. The second kappa shape index (κ2) is 7.55. The summed E-state index contributed by atoms with van der Waals surface area (Å²) in [7, 11) is 0. The van der Waals surface area contributed by atoms with Crippen molar-refractivity contribution in [3.05, 3.63) is 64.4 Å². The highest BCUT2D eigenvalue weighted by Crippen LogP contribution is 2.37. The summed E-state index contributed by atoms with van der Waals surface area (Å²) in [6.07, 6.45) is -3.31. The molecule has 0 bridgehead atoms. The third-order valence-electron chi connectivity index (χ3n) is 3.80. The number of nitrogen functional groups attached to an aromatic ring is 1. The first-order chi connectivity index (χ1) is 13.1. The zero-order valence-electron chi connectivity index (χ0n) is 14.9. The van der Waals surface area contributed by atoms with Crippen LogP contribution in [0.2, 0.25) is 5.02 Å². The lowest BCUT2D eigenvalue weighted by molar-refractivity contribution is -0.137. The predicted octanol–water partition coefficient (Wildman–Crippen LogP) is 5.88. The Morgan fingerprint density at radius 2 is 1.71 bits per heavy atom. The Kier molecular flexibility index (Phi) is 5.33. The fraction of sp³-hybridized carbons (Fsp3) is 0.158. The van der Waals surface area contributed by atoms with Crippen molar-refractivity contribution in [2.45, 2.75) is 20.0 Å². The van der Waals surface area contributed by atoms with E-state index in [0.29, 0.717) is 5.75 Å². The van der Waals surface area contributed by atoms with Crippen molar-refractivity contribution in [1.82, 2.24) is 9.97 Å². The van der Waals surface area contributed by atoms with Crippen molar-refractivity contribution in [2.24, 2.45) is 0 Å². The van der Waals surface area contributed by atoms with Gasteiger partial charge in [-0.3, -0.25) is 0 Å². The first-order valence-corrected chi connectivity index (χ1v) is 8.51. The summed E-state index contributed by atoms with van der Waals surface area (Å²) in [5.41, 5.74) is 7.25. The molecule has 1 aromatic heterocycles. The third-order valence-corrected chi connectivity index (χ3v) is 4.13. The predicted molar refractivity (Wildman–Crippen MR) is 102 cm³/mol. The van der Waals surface area contributed by atoms with Gasteiger partial charge in [-0.05, 0) is 55.3 Å². The Labute approximate surface area is 164 Å². The van der Waals surface area contributed by atoms with E-state index >= 15 is 0 Å². The fourth-order valence-electron chi connectivity index (χ4n) is 2.59. The molecule has 0 radical (unpaired) electrons. The summed E-state index contributed by atoms with van der Waals surface area (Å²) in [6, 6.07) is 8.53. The van der Waals surface area contributed by atoms with Gasteiger partial charge in [0.1, 0.15) is 17.8 Å². The third kappa shape index (κ3) is 4.45. The zero-order valence-corrected chi connectivity index (χ0v) is 15.7. The molecule has 1 heterocycles. The van der Waals surface area contributed by atoms with Gasteiger partial charge in [-0.15, -0.1) is 0 Å². The highest BCUT2D eigenvalue weighted by atomic mass is 35.5. The Morgan fingerprint density at radius 1 is 1.04 bits per heavy atom. The molecule has 3 aromatic rings. The fourth-order valence-corrected chi connectivity index (χ4v) is 2.75. The number of ether oxygens (including phenoxy) is 1. The van der Waals surface area contributed by atoms with Gasteiger partial charge in [0, 0.05) is 0 Å². The van der Waals surface area contributed by atoms with Crippen molar-refractivity contribution in [3.63, 3.8) is 0 Å². The summed E-state index contributed by atoms with van der Waals surface area (Å²) in [5.74, 6) is 0.687. The number of nitrogens with two attached hydrogens (primary N) is 1. The maximum atomic E-state index is 12.9. The van der Waals surface area contributed by atoms with Gasteiger partial charge >= 0.3 is 6.18 Å². The quantitative estimate of drug-likeness (QED) is 0.563. The summed E-state index contributed by atoms with van der Waals surface area (Å²) < 4.78 is 44.6. The number of anilines is 3. The number of aryl methyl sites for hydroxylation is 2. The van der Waals surface area contributed by atoms with E-state index < -0.39 is 11.7 Å². The van der Waals surface area contributed by atoms with Crippen molar-refractivity contribution >= 4 is 28.8 Å². The van der Waals surface area contributed by atoms with Crippen LogP contribution in [0.3, 0.4) is 0 Å². The Morgan fingerprint density at radius 3 is 2.36 bits per heavy atom. The minimum atomic E-state index is -4.50. The second-order valence-corrected chi connectivity index (χ2v) is 6.59. The molecule has 5 nitrogen and oxygen atoms in total. The van der Waals surface area contributed by atoms with Crippen molar-refractivity contribution < 1.29 is 17.9 Å². The van der Waals surface area contributed by atoms with Crippen molar-refractivity contribution in [1.29, 1.82) is 0 Å². The summed E-state index contributed by atoms with van der Waals surface area (Å²) in [5, 5.41) is 2.80. The van der Waals surface area contributed by atoms with Crippen LogP contribution in [0, 0.1) is 13.8 Å². The number of nitrogens with one attached hydrogen (secondary N) is 1. The minimum absolute atomic E-state index is 0.0132. The standard InChI is InChI=1S/C19H16ClF3N4O/c1-10-5-11(2)7-13(6-10)28-18-16(24)17(25-9-26-18)27-15-8-12(19(21,22)23)3-4-14(15)20/h3-9H,24H2,1-2H3,(H,25,26,27). The number of halogens is 4. The second-order valence-electron chi connectivity index (χ2n) is 6.18. The molecule has 0 saturated heterocycles. The van der Waals surface area contributed by atoms with Crippen LogP contribution in [-0.4, -0.2) is 9.97 Å². The van der Waals surface area contributed by atoms with E-state index in [-0.39, 0.29) is 28.1 Å². The van der Waals surface area contributed by atoms with E-state index in [1.54, 1.807) is 0 Å². The van der Waals surface area contributed by atoms with Crippen LogP contribution >= 0.6 is 11.6 Å². The Hall–Kier alpha value is -3.00. The zero-order chi connectivity index (χ0) is 20.5. The molecule has 3 rings (SSSR count). The normalized spacial score (nSPS) is 11.4. The van der Waals surface area contributed by atoms with Crippen molar-refractivity contribution in [3.8, 4) is 11.6 Å². The van der Waals surface area contributed by atoms with Crippen molar-refractivity contribution in [2.75, 3.05) is 11.1 Å². The minimum Gasteiger partial charge on any atom is -0.437 e. The van der Waals surface area contributed by atoms with E-state index in [1.807, 2.05) is 32.0 Å². The van der Waals surface area contributed by atoms with Crippen LogP contribution in [0.1, 0.15) is 16.7 Å². The van der Waals surface area contributed by atoms with Crippen LogP contribution in [0.15, 0.2) is 42.7 Å². The van der Waals surface area contributed by atoms with Gasteiger partial charge in [-0.1, -0.05) is 17.7 Å². The molecule has 28 heavy (non-hydrogen) atoms. The summed E-state index contributed by atoms with van der Waals surface area (Å²) in [6.45, 7) is 3.84. The molecule has 0 spiro atoms. The molecule has 0 unspecified atom stereocenters. The largest absolute Gasteiger partial charge is 0.437 e. The molecule has 2 aromatic carbocycles. The van der Waals surface area contributed by atoms with Gasteiger partial charge < -0.3 is 15.8 Å². The lowest BCUT2D eigenvalue weighted by Gasteiger charge is -2.14. The lowest BCUT2D eigenvalue weighted by Crippen LogP contribution is -2.07. The molecule has 0 aliphatic carbocycles. The molecule has 9 heteroatoms.